The normalized spacial score (nSPS) is 24.1. The molecule has 1 aromatic rings. The van der Waals surface area contributed by atoms with Crippen LogP contribution < -0.4 is 4.74 Å². The van der Waals surface area contributed by atoms with Crippen LogP contribution in [0.1, 0.15) is 109 Å². The van der Waals surface area contributed by atoms with Gasteiger partial charge in [-0.3, -0.25) is 0 Å². The van der Waals surface area contributed by atoms with E-state index in [9.17, 15) is 4.39 Å². The summed E-state index contributed by atoms with van der Waals surface area (Å²) in [4.78, 5) is 0. The summed E-state index contributed by atoms with van der Waals surface area (Å²) in [5, 5.41) is 0. The Bertz CT molecular complexity index is 671. The first kappa shape index (κ1) is 24.3. The van der Waals surface area contributed by atoms with Gasteiger partial charge in [-0.15, -0.1) is 0 Å². The first-order valence-corrected chi connectivity index (χ1v) is 13.3. The number of rotatable bonds is 12. The van der Waals surface area contributed by atoms with Gasteiger partial charge in [0.25, 0.3) is 0 Å². The quantitative estimate of drug-likeness (QED) is 0.238. The average molecular weight is 429 g/mol. The molecule has 0 spiro atoms. The molecule has 1 fully saturated rings. The lowest BCUT2D eigenvalue weighted by Crippen LogP contribution is -2.16. The minimum Gasteiger partial charge on any atom is -0.491 e. The zero-order valence-electron chi connectivity index (χ0n) is 20.1. The Morgan fingerprint density at radius 2 is 1.61 bits per heavy atom. The van der Waals surface area contributed by atoms with Gasteiger partial charge in [-0.1, -0.05) is 82.9 Å². The third kappa shape index (κ3) is 8.28. The van der Waals surface area contributed by atoms with Crippen LogP contribution in [0, 0.1) is 23.6 Å². The highest BCUT2D eigenvalue weighted by Crippen LogP contribution is 2.36. The van der Waals surface area contributed by atoms with Crippen LogP contribution in [0.3, 0.4) is 0 Å². The van der Waals surface area contributed by atoms with E-state index in [0.717, 1.165) is 49.0 Å². The molecule has 0 N–H and O–H groups in total. The fourth-order valence-corrected chi connectivity index (χ4v) is 5.57. The zero-order valence-corrected chi connectivity index (χ0v) is 20.1. The lowest BCUT2D eigenvalue weighted by Gasteiger charge is -2.30. The highest BCUT2D eigenvalue weighted by molar-refractivity contribution is 5.30. The smallest absolute Gasteiger partial charge is 0.165 e. The number of ether oxygens (including phenoxy) is 1. The topological polar surface area (TPSA) is 9.23 Å². The van der Waals surface area contributed by atoms with Crippen LogP contribution in [0.4, 0.5) is 4.39 Å². The van der Waals surface area contributed by atoms with Crippen molar-refractivity contribution in [2.24, 2.45) is 17.8 Å². The molecule has 0 heterocycles. The van der Waals surface area contributed by atoms with Crippen LogP contribution in [0.15, 0.2) is 29.8 Å². The molecule has 1 nitrogen and oxygen atoms in total. The molecular formula is C29H45FO. The van der Waals surface area contributed by atoms with Crippen molar-refractivity contribution in [1.82, 2.24) is 0 Å². The highest BCUT2D eigenvalue weighted by atomic mass is 19.1. The number of benzene rings is 1. The summed E-state index contributed by atoms with van der Waals surface area (Å²) in [6.45, 7) is 5.04. The van der Waals surface area contributed by atoms with Crippen LogP contribution in [-0.2, 0) is 6.42 Å². The fourth-order valence-electron chi connectivity index (χ4n) is 5.57. The summed E-state index contributed by atoms with van der Waals surface area (Å²) in [5.41, 5.74) is 2.67. The first-order chi connectivity index (χ1) is 15.2. The number of aryl methyl sites for hydroxylation is 1. The van der Waals surface area contributed by atoms with Crippen molar-refractivity contribution in [3.05, 3.63) is 41.2 Å². The molecule has 2 aliphatic carbocycles. The van der Waals surface area contributed by atoms with Gasteiger partial charge in [0.1, 0.15) is 0 Å². The molecule has 174 valence electrons. The second-order valence-electron chi connectivity index (χ2n) is 10.2. The molecule has 1 atom stereocenters. The fraction of sp³-hybridized carbons (Fsp3) is 0.724. The van der Waals surface area contributed by atoms with Crippen LogP contribution in [-0.4, -0.2) is 6.61 Å². The molecule has 31 heavy (non-hydrogen) atoms. The summed E-state index contributed by atoms with van der Waals surface area (Å²) >= 11 is 0. The van der Waals surface area contributed by atoms with E-state index in [1.807, 2.05) is 6.07 Å². The van der Waals surface area contributed by atoms with Gasteiger partial charge in [-0.2, -0.15) is 0 Å². The lowest BCUT2D eigenvalue weighted by atomic mass is 9.76. The monoisotopic (exact) mass is 428 g/mol. The molecule has 3 rings (SSSR count). The van der Waals surface area contributed by atoms with Gasteiger partial charge in [-0.05, 0) is 80.4 Å². The van der Waals surface area contributed by atoms with Crippen molar-refractivity contribution in [2.75, 3.05) is 6.61 Å². The number of halogens is 1. The van der Waals surface area contributed by atoms with Crippen LogP contribution in [0.5, 0.6) is 5.75 Å². The summed E-state index contributed by atoms with van der Waals surface area (Å²) in [6, 6.07) is 5.51. The minimum atomic E-state index is -0.213. The van der Waals surface area contributed by atoms with Crippen LogP contribution >= 0.6 is 0 Å². The van der Waals surface area contributed by atoms with E-state index in [4.69, 9.17) is 4.74 Å². The lowest BCUT2D eigenvalue weighted by molar-refractivity contribution is 0.236. The van der Waals surface area contributed by atoms with Gasteiger partial charge in [0.15, 0.2) is 11.6 Å². The summed E-state index contributed by atoms with van der Waals surface area (Å²) < 4.78 is 19.8. The Hall–Kier alpha value is -1.31. The van der Waals surface area contributed by atoms with Crippen molar-refractivity contribution in [3.63, 3.8) is 0 Å². The van der Waals surface area contributed by atoms with E-state index in [1.165, 1.54) is 70.6 Å². The SMILES string of the molecule is CCCCOc1ccc(CCC2=CCC(CC[C@H]3CC[C@H](CCC)CC3)CC2)cc1F. The summed E-state index contributed by atoms with van der Waals surface area (Å²) in [7, 11) is 0. The van der Waals surface area contributed by atoms with E-state index in [-0.39, 0.29) is 5.82 Å². The van der Waals surface area contributed by atoms with Crippen molar-refractivity contribution >= 4 is 0 Å². The Kier molecular flexibility index (Phi) is 10.4. The molecule has 1 saturated carbocycles. The predicted octanol–water partition coefficient (Wildman–Crippen LogP) is 9.05. The Morgan fingerprint density at radius 3 is 2.26 bits per heavy atom. The van der Waals surface area contributed by atoms with Crippen molar-refractivity contribution in [3.8, 4) is 5.75 Å². The van der Waals surface area contributed by atoms with E-state index in [1.54, 1.807) is 17.7 Å². The molecule has 0 aliphatic heterocycles. The molecule has 0 bridgehead atoms. The maximum Gasteiger partial charge on any atom is 0.165 e. The van der Waals surface area contributed by atoms with Crippen molar-refractivity contribution in [2.45, 2.75) is 110 Å². The molecule has 2 heteroatoms. The molecule has 2 aliphatic rings. The van der Waals surface area contributed by atoms with Gasteiger partial charge in [-0.25, -0.2) is 4.39 Å². The van der Waals surface area contributed by atoms with Crippen LogP contribution in [0.25, 0.3) is 0 Å². The standard InChI is InChI=1S/C29H45FO/c1-3-5-21-31-29-20-19-27(22-28(29)30)18-17-26-15-13-25(14-16-26)12-11-24-9-7-23(6-4-2)8-10-24/h15,19-20,22-25H,3-14,16-18,21H2,1-2H3/t23-,24-,25?. The first-order valence-electron chi connectivity index (χ1n) is 13.3. The molecule has 0 aromatic heterocycles. The second kappa shape index (κ2) is 13.3. The van der Waals surface area contributed by atoms with Gasteiger partial charge in [0.05, 0.1) is 6.61 Å². The summed E-state index contributed by atoms with van der Waals surface area (Å²) in [5.74, 6) is 3.11. The van der Waals surface area contributed by atoms with E-state index in [0.29, 0.717) is 12.4 Å². The number of allylic oxidation sites excluding steroid dienone is 2. The third-order valence-corrected chi connectivity index (χ3v) is 7.75. The van der Waals surface area contributed by atoms with Crippen molar-refractivity contribution in [1.29, 1.82) is 0 Å². The largest absolute Gasteiger partial charge is 0.491 e. The average Bonchev–Trinajstić information content (AvgIpc) is 2.79. The van der Waals surface area contributed by atoms with Gasteiger partial charge in [0.2, 0.25) is 0 Å². The minimum absolute atomic E-state index is 0.213. The third-order valence-electron chi connectivity index (χ3n) is 7.75. The number of hydrogen-bond acceptors (Lipinski definition) is 1. The number of unbranched alkanes of at least 4 members (excludes halogenated alkanes) is 1. The Labute approximate surface area is 190 Å². The Balaban J connectivity index is 1.34. The maximum atomic E-state index is 14.3. The van der Waals surface area contributed by atoms with E-state index in [2.05, 4.69) is 19.9 Å². The molecule has 0 saturated heterocycles. The van der Waals surface area contributed by atoms with Crippen LogP contribution in [0.2, 0.25) is 0 Å². The molecule has 1 aromatic carbocycles. The summed E-state index contributed by atoms with van der Waals surface area (Å²) in [6.07, 6.45) is 22.0. The van der Waals surface area contributed by atoms with E-state index < -0.39 is 0 Å². The number of hydrogen-bond donors (Lipinski definition) is 0. The van der Waals surface area contributed by atoms with Gasteiger partial charge < -0.3 is 4.74 Å². The van der Waals surface area contributed by atoms with Gasteiger partial charge >= 0.3 is 0 Å². The predicted molar refractivity (Wildman–Crippen MR) is 130 cm³/mol. The molecule has 0 radical (unpaired) electrons. The maximum absolute atomic E-state index is 14.3. The highest BCUT2D eigenvalue weighted by Gasteiger charge is 2.22. The van der Waals surface area contributed by atoms with Crippen molar-refractivity contribution < 1.29 is 9.13 Å². The zero-order chi connectivity index (χ0) is 21.9. The molecule has 0 amide bonds. The Morgan fingerprint density at radius 1 is 0.871 bits per heavy atom. The second-order valence-corrected chi connectivity index (χ2v) is 10.2. The van der Waals surface area contributed by atoms with E-state index >= 15 is 0 Å². The molecule has 1 unspecified atom stereocenters. The van der Waals surface area contributed by atoms with Gasteiger partial charge in [0, 0.05) is 0 Å². The molecular weight excluding hydrogens is 383 g/mol.